The lowest BCUT2D eigenvalue weighted by Gasteiger charge is -2.04. The van der Waals surface area contributed by atoms with Crippen molar-refractivity contribution in [1.29, 1.82) is 0 Å². The van der Waals surface area contributed by atoms with E-state index in [-0.39, 0.29) is 5.91 Å². The maximum absolute atomic E-state index is 12.0. The summed E-state index contributed by atoms with van der Waals surface area (Å²) in [4.78, 5) is 11.6. The summed E-state index contributed by atoms with van der Waals surface area (Å²) in [5.41, 5.74) is 0. The Hall–Kier alpha value is -0.920. The van der Waals surface area contributed by atoms with E-state index < -0.39 is 10.0 Å². The Morgan fingerprint density at radius 2 is 2.00 bits per heavy atom. The van der Waals surface area contributed by atoms with Crippen molar-refractivity contribution < 1.29 is 13.2 Å². The molecule has 0 aliphatic rings. The van der Waals surface area contributed by atoms with E-state index in [1.54, 1.807) is 12.1 Å². The minimum atomic E-state index is -3.41. The van der Waals surface area contributed by atoms with Crippen LogP contribution in [0.4, 0.5) is 0 Å². The van der Waals surface area contributed by atoms with Crippen molar-refractivity contribution in [3.8, 4) is 0 Å². The van der Waals surface area contributed by atoms with E-state index in [1.807, 2.05) is 0 Å². The summed E-state index contributed by atoms with van der Waals surface area (Å²) in [6, 6.07) is 3.31. The molecule has 0 bridgehead atoms. The summed E-state index contributed by atoms with van der Waals surface area (Å²) >= 11 is 1.18. The maximum Gasteiger partial charge on any atom is 0.250 e. The van der Waals surface area contributed by atoms with Gasteiger partial charge in [0.25, 0.3) is 0 Å². The molecule has 1 amide bonds. The first kappa shape index (κ1) is 17.1. The lowest BCUT2D eigenvalue weighted by atomic mass is 10.2. The number of hydrogen-bond donors (Lipinski definition) is 2. The van der Waals surface area contributed by atoms with Crippen molar-refractivity contribution >= 4 is 27.3 Å². The molecule has 1 aromatic rings. The highest BCUT2D eigenvalue weighted by atomic mass is 32.2. The Labute approximate surface area is 124 Å². The van der Waals surface area contributed by atoms with Gasteiger partial charge in [-0.2, -0.15) is 0 Å². The van der Waals surface area contributed by atoms with Gasteiger partial charge in [0.1, 0.15) is 4.21 Å². The summed E-state index contributed by atoms with van der Waals surface area (Å²) in [6.07, 6.45) is 4.15. The molecule has 1 heterocycles. The SMILES string of the molecule is CCCCCCNS(=O)(=O)c1ccc(CNC(C)=O)s1. The standard InChI is InChI=1S/C13H22N2O3S2/c1-3-4-5-6-9-15-20(17,18)13-8-7-12(19-13)10-14-11(2)16/h7-8,15H,3-6,9-10H2,1-2H3,(H,14,16). The Kier molecular flexibility index (Phi) is 7.18. The van der Waals surface area contributed by atoms with Crippen molar-refractivity contribution in [3.05, 3.63) is 17.0 Å². The molecular weight excluding hydrogens is 296 g/mol. The molecule has 0 fully saturated rings. The molecule has 1 rings (SSSR count). The fourth-order valence-electron chi connectivity index (χ4n) is 1.64. The summed E-state index contributed by atoms with van der Waals surface area (Å²) in [6.45, 7) is 4.39. The minimum Gasteiger partial charge on any atom is -0.351 e. The highest BCUT2D eigenvalue weighted by molar-refractivity contribution is 7.91. The first-order valence-electron chi connectivity index (χ1n) is 6.78. The fourth-order valence-corrected chi connectivity index (χ4v) is 4.05. The monoisotopic (exact) mass is 318 g/mol. The van der Waals surface area contributed by atoms with Gasteiger partial charge in [0, 0.05) is 18.3 Å². The second-order valence-corrected chi connectivity index (χ2v) is 7.75. The van der Waals surface area contributed by atoms with E-state index in [0.717, 1.165) is 30.6 Å². The minimum absolute atomic E-state index is 0.128. The highest BCUT2D eigenvalue weighted by Crippen LogP contribution is 2.21. The molecule has 114 valence electrons. The molecule has 0 saturated heterocycles. The zero-order chi connectivity index (χ0) is 15.0. The Bertz CT molecular complexity index is 523. The molecule has 0 spiro atoms. The summed E-state index contributed by atoms with van der Waals surface area (Å²) in [5, 5.41) is 2.65. The zero-order valence-corrected chi connectivity index (χ0v) is 13.6. The predicted octanol–water partition coefficient (Wildman–Crippen LogP) is 2.24. The van der Waals surface area contributed by atoms with Crippen LogP contribution in [0.5, 0.6) is 0 Å². The van der Waals surface area contributed by atoms with E-state index in [9.17, 15) is 13.2 Å². The number of carbonyl (C=O) groups excluding carboxylic acids is 1. The van der Waals surface area contributed by atoms with Gasteiger partial charge in [-0.05, 0) is 18.6 Å². The molecular formula is C13H22N2O3S2. The van der Waals surface area contributed by atoms with Gasteiger partial charge in [-0.3, -0.25) is 4.79 Å². The number of nitrogens with one attached hydrogen (secondary N) is 2. The molecule has 20 heavy (non-hydrogen) atoms. The van der Waals surface area contributed by atoms with Crippen LogP contribution in [0, 0.1) is 0 Å². The molecule has 5 nitrogen and oxygen atoms in total. The first-order chi connectivity index (χ1) is 9.45. The Balaban J connectivity index is 2.48. The normalized spacial score (nSPS) is 11.5. The van der Waals surface area contributed by atoms with Crippen LogP contribution in [0.3, 0.4) is 0 Å². The van der Waals surface area contributed by atoms with Crippen LogP contribution in [0.25, 0.3) is 0 Å². The van der Waals surface area contributed by atoms with Crippen molar-refractivity contribution in [2.24, 2.45) is 0 Å². The van der Waals surface area contributed by atoms with Crippen LogP contribution in [0.1, 0.15) is 44.4 Å². The summed E-state index contributed by atoms with van der Waals surface area (Å²) in [7, 11) is -3.41. The van der Waals surface area contributed by atoms with E-state index in [0.29, 0.717) is 17.3 Å². The maximum atomic E-state index is 12.0. The lowest BCUT2D eigenvalue weighted by Crippen LogP contribution is -2.24. The molecule has 0 unspecified atom stereocenters. The Morgan fingerprint density at radius 1 is 1.25 bits per heavy atom. The van der Waals surface area contributed by atoms with Gasteiger partial charge in [0.15, 0.2) is 0 Å². The van der Waals surface area contributed by atoms with Crippen molar-refractivity contribution in [3.63, 3.8) is 0 Å². The van der Waals surface area contributed by atoms with Crippen LogP contribution < -0.4 is 10.0 Å². The van der Waals surface area contributed by atoms with E-state index in [2.05, 4.69) is 17.0 Å². The predicted molar refractivity (Wildman–Crippen MR) is 81.2 cm³/mol. The van der Waals surface area contributed by atoms with Crippen LogP contribution in [-0.4, -0.2) is 20.9 Å². The third-order valence-electron chi connectivity index (χ3n) is 2.74. The van der Waals surface area contributed by atoms with E-state index >= 15 is 0 Å². The number of carbonyl (C=O) groups is 1. The number of unbranched alkanes of at least 4 members (excludes halogenated alkanes) is 3. The second kappa shape index (κ2) is 8.39. The number of rotatable bonds is 9. The number of sulfonamides is 1. The van der Waals surface area contributed by atoms with Gasteiger partial charge in [0.2, 0.25) is 15.9 Å². The largest absolute Gasteiger partial charge is 0.351 e. The molecule has 0 aliphatic carbocycles. The molecule has 2 N–H and O–H groups in total. The molecule has 0 saturated carbocycles. The van der Waals surface area contributed by atoms with Gasteiger partial charge in [-0.15, -0.1) is 11.3 Å². The molecule has 7 heteroatoms. The summed E-state index contributed by atoms with van der Waals surface area (Å²) in [5.74, 6) is -0.128. The van der Waals surface area contributed by atoms with Gasteiger partial charge in [0.05, 0.1) is 6.54 Å². The molecule has 0 aromatic carbocycles. The number of amides is 1. The number of hydrogen-bond acceptors (Lipinski definition) is 4. The highest BCUT2D eigenvalue weighted by Gasteiger charge is 2.16. The van der Waals surface area contributed by atoms with E-state index in [1.165, 1.54) is 18.3 Å². The fraction of sp³-hybridized carbons (Fsp3) is 0.615. The summed E-state index contributed by atoms with van der Waals surface area (Å²) < 4.78 is 27.0. The van der Waals surface area contributed by atoms with Gasteiger partial charge < -0.3 is 5.32 Å². The third-order valence-corrected chi connectivity index (χ3v) is 5.77. The average Bonchev–Trinajstić information content (AvgIpc) is 2.85. The van der Waals surface area contributed by atoms with Crippen molar-refractivity contribution in [1.82, 2.24) is 10.0 Å². The first-order valence-corrected chi connectivity index (χ1v) is 9.08. The molecule has 0 aliphatic heterocycles. The smallest absolute Gasteiger partial charge is 0.250 e. The van der Waals surface area contributed by atoms with Crippen LogP contribution >= 0.6 is 11.3 Å². The van der Waals surface area contributed by atoms with Crippen LogP contribution in [-0.2, 0) is 21.4 Å². The molecule has 1 aromatic heterocycles. The lowest BCUT2D eigenvalue weighted by molar-refractivity contribution is -0.119. The second-order valence-electron chi connectivity index (χ2n) is 4.59. The van der Waals surface area contributed by atoms with E-state index in [4.69, 9.17) is 0 Å². The Morgan fingerprint density at radius 3 is 2.65 bits per heavy atom. The van der Waals surface area contributed by atoms with Gasteiger partial charge >= 0.3 is 0 Å². The quantitative estimate of drug-likeness (QED) is 0.686. The zero-order valence-electron chi connectivity index (χ0n) is 11.9. The van der Waals surface area contributed by atoms with Crippen molar-refractivity contribution in [2.75, 3.05) is 6.54 Å². The van der Waals surface area contributed by atoms with Gasteiger partial charge in [-0.25, -0.2) is 13.1 Å². The average molecular weight is 318 g/mol. The van der Waals surface area contributed by atoms with Crippen molar-refractivity contribution in [2.45, 2.75) is 50.3 Å². The number of thiophene rings is 1. The van der Waals surface area contributed by atoms with Crippen LogP contribution in [0.15, 0.2) is 16.3 Å². The topological polar surface area (TPSA) is 75.3 Å². The van der Waals surface area contributed by atoms with Gasteiger partial charge in [-0.1, -0.05) is 26.2 Å². The third kappa shape index (κ3) is 6.02. The van der Waals surface area contributed by atoms with Crippen LogP contribution in [0.2, 0.25) is 0 Å². The molecule has 0 radical (unpaired) electrons. The molecule has 0 atom stereocenters.